The molecule has 1 aliphatic rings. The van der Waals surface area contributed by atoms with E-state index in [1.54, 1.807) is 6.07 Å². The van der Waals surface area contributed by atoms with Crippen molar-refractivity contribution in [2.24, 2.45) is 11.7 Å². The maximum absolute atomic E-state index is 12.0. The lowest BCUT2D eigenvalue weighted by molar-refractivity contribution is -0.120. The molecule has 20 heavy (non-hydrogen) atoms. The smallest absolute Gasteiger partial charge is 0.250 e. The Morgan fingerprint density at radius 3 is 2.70 bits per heavy atom. The summed E-state index contributed by atoms with van der Waals surface area (Å²) in [6.45, 7) is 1.65. The van der Waals surface area contributed by atoms with Gasteiger partial charge in [0.15, 0.2) is 0 Å². The first kappa shape index (κ1) is 16.8. The molecule has 0 aromatic heterocycles. The summed E-state index contributed by atoms with van der Waals surface area (Å²) in [5.74, 6) is -0.641. The highest BCUT2D eigenvalue weighted by Gasteiger charge is 2.21. The van der Waals surface area contributed by atoms with E-state index in [0.29, 0.717) is 12.2 Å². The lowest BCUT2D eigenvalue weighted by Gasteiger charge is -2.22. The average molecular weight is 318 g/mol. The maximum atomic E-state index is 12.0. The number of halogens is 2. The van der Waals surface area contributed by atoms with Crippen LogP contribution in [0.2, 0.25) is 5.02 Å². The first-order chi connectivity index (χ1) is 9.08. The molecule has 1 aromatic carbocycles. The number of anilines is 1. The Morgan fingerprint density at radius 2 is 2.15 bits per heavy atom. The van der Waals surface area contributed by atoms with E-state index in [1.807, 2.05) is 0 Å². The van der Waals surface area contributed by atoms with Crippen molar-refractivity contribution in [1.29, 1.82) is 0 Å². The lowest BCUT2D eigenvalue weighted by Crippen LogP contribution is -2.37. The van der Waals surface area contributed by atoms with E-state index in [1.165, 1.54) is 12.1 Å². The molecule has 0 unspecified atom stereocenters. The van der Waals surface area contributed by atoms with Gasteiger partial charge < -0.3 is 16.4 Å². The van der Waals surface area contributed by atoms with Crippen molar-refractivity contribution in [3.05, 3.63) is 28.8 Å². The summed E-state index contributed by atoms with van der Waals surface area (Å²) in [6, 6.07) is 4.68. The van der Waals surface area contributed by atoms with E-state index < -0.39 is 5.91 Å². The second kappa shape index (κ2) is 7.47. The summed E-state index contributed by atoms with van der Waals surface area (Å²) in [6.07, 6.45) is 1.88. The van der Waals surface area contributed by atoms with Crippen molar-refractivity contribution < 1.29 is 9.59 Å². The number of hydrogen-bond donors (Lipinski definition) is 3. The highest BCUT2D eigenvalue weighted by Crippen LogP contribution is 2.21. The van der Waals surface area contributed by atoms with Gasteiger partial charge in [-0.05, 0) is 37.6 Å². The quantitative estimate of drug-likeness (QED) is 0.794. The number of nitrogens with two attached hydrogens (primary N) is 1. The number of piperidine rings is 1. The van der Waals surface area contributed by atoms with Crippen LogP contribution in [0.25, 0.3) is 0 Å². The number of rotatable bonds is 3. The van der Waals surface area contributed by atoms with Gasteiger partial charge in [0.05, 0.1) is 16.5 Å². The van der Waals surface area contributed by atoms with Crippen molar-refractivity contribution >= 4 is 41.5 Å². The molecule has 0 bridgehead atoms. The molecule has 1 saturated heterocycles. The van der Waals surface area contributed by atoms with Gasteiger partial charge in [-0.3, -0.25) is 9.59 Å². The first-order valence-electron chi connectivity index (χ1n) is 6.19. The number of carbonyl (C=O) groups excluding carboxylic acids is 2. The summed E-state index contributed by atoms with van der Waals surface area (Å²) in [7, 11) is 0. The summed E-state index contributed by atoms with van der Waals surface area (Å²) in [5, 5.41) is 6.23. The van der Waals surface area contributed by atoms with Crippen molar-refractivity contribution in [2.45, 2.75) is 12.8 Å². The molecule has 1 atom stereocenters. The predicted octanol–water partition coefficient (Wildman–Crippen LogP) is 1.80. The standard InChI is InChI=1S/C13H16ClN3O2.ClH/c14-11-6-9(3-4-10(11)12(15)18)17-13(19)8-2-1-5-16-7-8;/h3-4,6,8,16H,1-2,5,7H2,(H2,15,18)(H,17,19);1H/t8-;/m1./s1. The van der Waals surface area contributed by atoms with Gasteiger partial charge in [0, 0.05) is 12.2 Å². The normalized spacial score (nSPS) is 17.9. The van der Waals surface area contributed by atoms with Crippen molar-refractivity contribution in [3.8, 4) is 0 Å². The molecule has 0 aliphatic carbocycles. The highest BCUT2D eigenvalue weighted by atomic mass is 35.5. The van der Waals surface area contributed by atoms with Crippen LogP contribution in [0, 0.1) is 5.92 Å². The molecule has 5 nitrogen and oxygen atoms in total. The molecular weight excluding hydrogens is 301 g/mol. The number of carbonyl (C=O) groups is 2. The van der Waals surface area contributed by atoms with E-state index in [0.717, 1.165) is 19.4 Å². The number of hydrogen-bond acceptors (Lipinski definition) is 3. The number of benzene rings is 1. The average Bonchev–Trinajstić information content (AvgIpc) is 2.39. The number of amides is 2. The van der Waals surface area contributed by atoms with Crippen molar-refractivity contribution in [3.63, 3.8) is 0 Å². The van der Waals surface area contributed by atoms with Crippen LogP contribution in [-0.4, -0.2) is 24.9 Å². The third-order valence-electron chi connectivity index (χ3n) is 3.17. The Kier molecular flexibility index (Phi) is 6.26. The molecule has 4 N–H and O–H groups in total. The first-order valence-corrected chi connectivity index (χ1v) is 6.56. The van der Waals surface area contributed by atoms with E-state index in [-0.39, 0.29) is 34.8 Å². The van der Waals surface area contributed by atoms with Crippen LogP contribution in [0.5, 0.6) is 0 Å². The topological polar surface area (TPSA) is 84.2 Å². The Labute approximate surface area is 128 Å². The van der Waals surface area contributed by atoms with Crippen LogP contribution >= 0.6 is 24.0 Å². The zero-order valence-corrected chi connectivity index (χ0v) is 12.4. The monoisotopic (exact) mass is 317 g/mol. The molecule has 110 valence electrons. The summed E-state index contributed by atoms with van der Waals surface area (Å²) < 4.78 is 0. The van der Waals surface area contributed by atoms with E-state index in [4.69, 9.17) is 17.3 Å². The Balaban J connectivity index is 0.00000200. The molecule has 1 aliphatic heterocycles. The van der Waals surface area contributed by atoms with Gasteiger partial charge >= 0.3 is 0 Å². The third-order valence-corrected chi connectivity index (χ3v) is 3.48. The fourth-order valence-corrected chi connectivity index (χ4v) is 2.39. The van der Waals surface area contributed by atoms with Gasteiger partial charge in [-0.25, -0.2) is 0 Å². The van der Waals surface area contributed by atoms with Gasteiger partial charge in [0.1, 0.15) is 0 Å². The van der Waals surface area contributed by atoms with Crippen LogP contribution in [-0.2, 0) is 4.79 Å². The fraction of sp³-hybridized carbons (Fsp3) is 0.385. The van der Waals surface area contributed by atoms with E-state index in [9.17, 15) is 9.59 Å². The molecule has 1 fully saturated rings. The largest absolute Gasteiger partial charge is 0.366 e. The summed E-state index contributed by atoms with van der Waals surface area (Å²) in [4.78, 5) is 23.1. The Bertz CT molecular complexity index is 502. The molecule has 0 spiro atoms. The van der Waals surface area contributed by atoms with Gasteiger partial charge in [-0.1, -0.05) is 11.6 Å². The Morgan fingerprint density at radius 1 is 1.40 bits per heavy atom. The third kappa shape index (κ3) is 4.10. The summed E-state index contributed by atoms with van der Waals surface area (Å²) >= 11 is 5.93. The molecule has 2 rings (SSSR count). The van der Waals surface area contributed by atoms with Crippen LogP contribution < -0.4 is 16.4 Å². The molecule has 1 heterocycles. The van der Waals surface area contributed by atoms with Gasteiger partial charge in [0.25, 0.3) is 0 Å². The molecule has 1 aromatic rings. The zero-order chi connectivity index (χ0) is 13.8. The van der Waals surface area contributed by atoms with Gasteiger partial charge in [-0.15, -0.1) is 12.4 Å². The molecule has 0 radical (unpaired) electrons. The second-order valence-corrected chi connectivity index (χ2v) is 5.00. The fourth-order valence-electron chi connectivity index (χ4n) is 2.11. The zero-order valence-electron chi connectivity index (χ0n) is 10.8. The molecule has 0 saturated carbocycles. The Hall–Kier alpha value is -1.30. The lowest BCUT2D eigenvalue weighted by atomic mass is 9.99. The SMILES string of the molecule is Cl.NC(=O)c1ccc(NC(=O)[C@@H]2CCCNC2)cc1Cl. The predicted molar refractivity (Wildman–Crippen MR) is 81.4 cm³/mol. The highest BCUT2D eigenvalue weighted by molar-refractivity contribution is 6.34. The minimum absolute atomic E-state index is 0. The summed E-state index contributed by atoms with van der Waals surface area (Å²) in [5.41, 5.74) is 5.99. The number of nitrogens with one attached hydrogen (secondary N) is 2. The van der Waals surface area contributed by atoms with Crippen LogP contribution in [0.15, 0.2) is 18.2 Å². The molecule has 2 amide bonds. The van der Waals surface area contributed by atoms with Gasteiger partial charge in [-0.2, -0.15) is 0 Å². The maximum Gasteiger partial charge on any atom is 0.250 e. The minimum Gasteiger partial charge on any atom is -0.366 e. The molecular formula is C13H17Cl2N3O2. The van der Waals surface area contributed by atoms with Gasteiger partial charge in [0.2, 0.25) is 11.8 Å². The molecule has 7 heteroatoms. The van der Waals surface area contributed by atoms with Crippen molar-refractivity contribution in [1.82, 2.24) is 5.32 Å². The second-order valence-electron chi connectivity index (χ2n) is 4.59. The minimum atomic E-state index is -0.584. The van der Waals surface area contributed by atoms with Crippen LogP contribution in [0.1, 0.15) is 23.2 Å². The number of primary amides is 1. The van der Waals surface area contributed by atoms with E-state index >= 15 is 0 Å². The van der Waals surface area contributed by atoms with Crippen LogP contribution in [0.4, 0.5) is 5.69 Å². The van der Waals surface area contributed by atoms with E-state index in [2.05, 4.69) is 10.6 Å². The van der Waals surface area contributed by atoms with Crippen LogP contribution in [0.3, 0.4) is 0 Å². The van der Waals surface area contributed by atoms with Crippen molar-refractivity contribution in [2.75, 3.05) is 18.4 Å².